The highest BCUT2D eigenvalue weighted by Gasteiger charge is 2.24. The molecule has 0 aliphatic heterocycles. The van der Waals surface area contributed by atoms with Crippen molar-refractivity contribution < 1.29 is 9.84 Å². The zero-order valence-corrected chi connectivity index (χ0v) is 12.7. The standard InChI is InChI=1S/C13H22ClN3O2/c1-13(2,3)9(5-6-18)15-11-7-10(14)16-12(17-11)8-19-4/h7,9,18H,5-6,8H2,1-4H3,(H,15,16,17). The maximum Gasteiger partial charge on any atom is 0.158 e. The van der Waals surface area contributed by atoms with Crippen LogP contribution < -0.4 is 5.32 Å². The third-order valence-corrected chi connectivity index (χ3v) is 2.99. The van der Waals surface area contributed by atoms with Gasteiger partial charge in [-0.15, -0.1) is 0 Å². The minimum atomic E-state index is 0.00156. The van der Waals surface area contributed by atoms with Gasteiger partial charge in [0.15, 0.2) is 5.82 Å². The topological polar surface area (TPSA) is 67.3 Å². The SMILES string of the molecule is COCc1nc(Cl)cc(NC(CCO)C(C)(C)C)n1. The van der Waals surface area contributed by atoms with Crippen LogP contribution in [-0.2, 0) is 11.3 Å². The van der Waals surface area contributed by atoms with Crippen LogP contribution in [0.25, 0.3) is 0 Å². The van der Waals surface area contributed by atoms with Gasteiger partial charge in [0.1, 0.15) is 17.6 Å². The van der Waals surface area contributed by atoms with Crippen LogP contribution >= 0.6 is 11.6 Å². The second-order valence-corrected chi connectivity index (χ2v) is 5.89. The zero-order chi connectivity index (χ0) is 14.5. The van der Waals surface area contributed by atoms with Crippen LogP contribution in [0.1, 0.15) is 33.0 Å². The summed E-state index contributed by atoms with van der Waals surface area (Å²) in [5.41, 5.74) is 0.00156. The van der Waals surface area contributed by atoms with Gasteiger partial charge >= 0.3 is 0 Å². The minimum Gasteiger partial charge on any atom is -0.396 e. The van der Waals surface area contributed by atoms with Crippen LogP contribution in [0.4, 0.5) is 5.82 Å². The number of hydrogen-bond acceptors (Lipinski definition) is 5. The Morgan fingerprint density at radius 1 is 1.42 bits per heavy atom. The summed E-state index contributed by atoms with van der Waals surface area (Å²) >= 11 is 5.96. The molecular weight excluding hydrogens is 266 g/mol. The average molecular weight is 288 g/mol. The van der Waals surface area contributed by atoms with Gasteiger partial charge in [0.05, 0.1) is 0 Å². The number of hydrogen-bond donors (Lipinski definition) is 2. The largest absolute Gasteiger partial charge is 0.396 e. The van der Waals surface area contributed by atoms with Gasteiger partial charge in [-0.05, 0) is 11.8 Å². The van der Waals surface area contributed by atoms with Gasteiger partial charge in [-0.1, -0.05) is 32.4 Å². The fraction of sp³-hybridized carbons (Fsp3) is 0.692. The number of methoxy groups -OCH3 is 1. The predicted molar refractivity (Wildman–Crippen MR) is 76.3 cm³/mol. The lowest BCUT2D eigenvalue weighted by atomic mass is 9.85. The quantitative estimate of drug-likeness (QED) is 0.787. The normalized spacial score (nSPS) is 13.4. The molecule has 1 aromatic rings. The Hall–Kier alpha value is -0.910. The number of aliphatic hydroxyl groups excluding tert-OH is 1. The molecule has 1 atom stereocenters. The van der Waals surface area contributed by atoms with Crippen LogP contribution in [0.5, 0.6) is 0 Å². The highest BCUT2D eigenvalue weighted by atomic mass is 35.5. The Morgan fingerprint density at radius 3 is 2.63 bits per heavy atom. The molecule has 1 rings (SSSR count). The predicted octanol–water partition coefficient (Wildman–Crippen LogP) is 2.49. The summed E-state index contributed by atoms with van der Waals surface area (Å²) in [5.74, 6) is 1.19. The Morgan fingerprint density at radius 2 is 2.11 bits per heavy atom. The molecule has 108 valence electrons. The molecule has 5 nitrogen and oxygen atoms in total. The van der Waals surface area contributed by atoms with E-state index in [4.69, 9.17) is 21.4 Å². The third kappa shape index (κ3) is 5.30. The van der Waals surface area contributed by atoms with Gasteiger partial charge < -0.3 is 15.2 Å². The molecule has 0 aromatic carbocycles. The van der Waals surface area contributed by atoms with E-state index in [1.807, 2.05) is 0 Å². The van der Waals surface area contributed by atoms with E-state index in [-0.39, 0.29) is 18.1 Å². The van der Waals surface area contributed by atoms with E-state index in [1.165, 1.54) is 0 Å². The molecular formula is C13H22ClN3O2. The van der Waals surface area contributed by atoms with Crippen molar-refractivity contribution in [2.45, 2.75) is 39.8 Å². The van der Waals surface area contributed by atoms with Crippen molar-refractivity contribution in [3.63, 3.8) is 0 Å². The Bertz CT molecular complexity index is 407. The van der Waals surface area contributed by atoms with Gasteiger partial charge in [0, 0.05) is 25.8 Å². The molecule has 0 bridgehead atoms. The highest BCUT2D eigenvalue weighted by Crippen LogP contribution is 2.25. The van der Waals surface area contributed by atoms with E-state index in [2.05, 4.69) is 36.1 Å². The average Bonchev–Trinajstić information content (AvgIpc) is 2.27. The summed E-state index contributed by atoms with van der Waals surface area (Å²) in [5, 5.41) is 12.8. The molecule has 0 saturated heterocycles. The molecule has 0 amide bonds. The third-order valence-electron chi connectivity index (χ3n) is 2.80. The molecule has 0 aliphatic carbocycles. The van der Waals surface area contributed by atoms with Gasteiger partial charge in [-0.2, -0.15) is 0 Å². The maximum atomic E-state index is 9.15. The van der Waals surface area contributed by atoms with E-state index in [0.29, 0.717) is 29.8 Å². The monoisotopic (exact) mass is 287 g/mol. The second kappa shape index (κ2) is 7.03. The molecule has 1 unspecified atom stereocenters. The lowest BCUT2D eigenvalue weighted by Crippen LogP contribution is -2.35. The zero-order valence-electron chi connectivity index (χ0n) is 11.9. The molecule has 0 aliphatic rings. The number of nitrogens with one attached hydrogen (secondary N) is 1. The Balaban J connectivity index is 2.89. The molecule has 19 heavy (non-hydrogen) atoms. The summed E-state index contributed by atoms with van der Waals surface area (Å²) in [6.45, 7) is 6.77. The number of aromatic nitrogens is 2. The van der Waals surface area contributed by atoms with Crippen molar-refractivity contribution in [1.29, 1.82) is 0 Å². The van der Waals surface area contributed by atoms with E-state index in [9.17, 15) is 0 Å². The number of anilines is 1. The molecule has 0 saturated carbocycles. The molecule has 1 heterocycles. The first-order valence-corrected chi connectivity index (χ1v) is 6.64. The molecule has 2 N–H and O–H groups in total. The molecule has 0 spiro atoms. The van der Waals surface area contributed by atoms with Gasteiger partial charge in [-0.3, -0.25) is 0 Å². The van der Waals surface area contributed by atoms with Crippen LogP contribution in [0.2, 0.25) is 5.15 Å². The first-order chi connectivity index (χ1) is 8.86. The van der Waals surface area contributed by atoms with Crippen LogP contribution in [0, 0.1) is 5.41 Å². The van der Waals surface area contributed by atoms with Crippen molar-refractivity contribution in [3.8, 4) is 0 Å². The number of ether oxygens (including phenoxy) is 1. The van der Waals surface area contributed by atoms with Crippen molar-refractivity contribution >= 4 is 17.4 Å². The second-order valence-electron chi connectivity index (χ2n) is 5.50. The minimum absolute atomic E-state index is 0.00156. The van der Waals surface area contributed by atoms with Crippen molar-refractivity contribution in [2.24, 2.45) is 5.41 Å². The van der Waals surface area contributed by atoms with Crippen molar-refractivity contribution in [1.82, 2.24) is 9.97 Å². The summed E-state index contributed by atoms with van der Waals surface area (Å²) < 4.78 is 5.01. The van der Waals surface area contributed by atoms with Gasteiger partial charge in [0.2, 0.25) is 0 Å². The maximum absolute atomic E-state index is 9.15. The first-order valence-electron chi connectivity index (χ1n) is 6.26. The molecule has 0 radical (unpaired) electrons. The smallest absolute Gasteiger partial charge is 0.158 e. The number of nitrogens with zero attached hydrogens (tertiary/aromatic N) is 2. The fourth-order valence-electron chi connectivity index (χ4n) is 1.76. The van der Waals surface area contributed by atoms with Gasteiger partial charge in [0.25, 0.3) is 0 Å². The van der Waals surface area contributed by atoms with Gasteiger partial charge in [-0.25, -0.2) is 9.97 Å². The van der Waals surface area contributed by atoms with E-state index in [0.717, 1.165) is 0 Å². The van der Waals surface area contributed by atoms with E-state index >= 15 is 0 Å². The van der Waals surface area contributed by atoms with Crippen molar-refractivity contribution in [3.05, 3.63) is 17.0 Å². The van der Waals surface area contributed by atoms with E-state index in [1.54, 1.807) is 13.2 Å². The molecule has 0 fully saturated rings. The van der Waals surface area contributed by atoms with E-state index < -0.39 is 0 Å². The fourth-order valence-corrected chi connectivity index (χ4v) is 1.96. The number of halogens is 1. The van der Waals surface area contributed by atoms with Crippen LogP contribution in [0.3, 0.4) is 0 Å². The number of rotatable bonds is 6. The summed E-state index contributed by atoms with van der Waals surface area (Å²) in [6.07, 6.45) is 0.644. The molecule has 1 aromatic heterocycles. The molecule has 6 heteroatoms. The lowest BCUT2D eigenvalue weighted by molar-refractivity contribution is 0.178. The van der Waals surface area contributed by atoms with Crippen LogP contribution in [-0.4, -0.2) is 34.8 Å². The summed E-state index contributed by atoms with van der Waals surface area (Å²) in [6, 6.07) is 1.77. The Kier molecular flexibility index (Phi) is 5.97. The first kappa shape index (κ1) is 16.1. The summed E-state index contributed by atoms with van der Waals surface area (Å²) in [4.78, 5) is 8.42. The summed E-state index contributed by atoms with van der Waals surface area (Å²) in [7, 11) is 1.58. The van der Waals surface area contributed by atoms with Crippen molar-refractivity contribution in [2.75, 3.05) is 19.0 Å². The van der Waals surface area contributed by atoms with Crippen LogP contribution in [0.15, 0.2) is 6.07 Å². The number of aliphatic hydroxyl groups is 1. The Labute approximate surface area is 119 Å². The lowest BCUT2D eigenvalue weighted by Gasteiger charge is -2.31. The highest BCUT2D eigenvalue weighted by molar-refractivity contribution is 6.29.